The number of rotatable bonds is 23. The Morgan fingerprint density at radius 1 is 0.653 bits per heavy atom. The average Bonchev–Trinajstić information content (AvgIpc) is 3.54. The fourth-order valence-corrected chi connectivity index (χ4v) is 7.02. The Kier molecular flexibility index (Phi) is 16.7. The Balaban J connectivity index is 1.68. The molecule has 0 radical (unpaired) electrons. The first kappa shape index (κ1) is 38.1. The maximum absolute atomic E-state index is 11.9. The SMILES string of the molecule is CCCCCCc1cc(/C=C/c2ccc(N(c3ccc(CCCC)cc3)c3ccc(CCCC)cc3)cc2OCCCCCO)sc1C=O. The monoisotopic (exact) mass is 679 g/mol. The number of aliphatic hydroxyl groups is 1. The lowest BCUT2D eigenvalue weighted by atomic mass is 10.1. The molecule has 49 heavy (non-hydrogen) atoms. The topological polar surface area (TPSA) is 49.8 Å². The van der Waals surface area contributed by atoms with Crippen LogP contribution in [-0.4, -0.2) is 24.6 Å². The molecule has 4 aromatic rings. The summed E-state index contributed by atoms with van der Waals surface area (Å²) in [6.07, 6.45) is 20.5. The van der Waals surface area contributed by atoms with E-state index >= 15 is 0 Å². The summed E-state index contributed by atoms with van der Waals surface area (Å²) in [5.41, 5.74) is 8.16. The van der Waals surface area contributed by atoms with Crippen molar-refractivity contribution in [2.45, 2.75) is 111 Å². The van der Waals surface area contributed by atoms with Crippen molar-refractivity contribution in [2.75, 3.05) is 18.1 Å². The second-order valence-electron chi connectivity index (χ2n) is 13.0. The highest BCUT2D eigenvalue weighted by atomic mass is 32.1. The Morgan fingerprint density at radius 2 is 1.27 bits per heavy atom. The number of carbonyl (C=O) groups is 1. The highest BCUT2D eigenvalue weighted by Crippen LogP contribution is 2.38. The molecular weight excluding hydrogens is 623 g/mol. The third-order valence-corrected chi connectivity index (χ3v) is 10.1. The number of aryl methyl sites for hydroxylation is 3. The van der Waals surface area contributed by atoms with Crippen LogP contribution in [0.5, 0.6) is 5.75 Å². The van der Waals surface area contributed by atoms with Crippen LogP contribution in [0.15, 0.2) is 72.8 Å². The molecule has 262 valence electrons. The van der Waals surface area contributed by atoms with Crippen molar-refractivity contribution < 1.29 is 14.6 Å². The summed E-state index contributed by atoms with van der Waals surface area (Å²) < 4.78 is 6.48. The highest BCUT2D eigenvalue weighted by molar-refractivity contribution is 7.14. The molecule has 0 fully saturated rings. The van der Waals surface area contributed by atoms with Gasteiger partial charge in [-0.25, -0.2) is 0 Å². The number of aliphatic hydroxyl groups excluding tert-OH is 1. The molecule has 0 spiro atoms. The van der Waals surface area contributed by atoms with Crippen molar-refractivity contribution in [1.82, 2.24) is 0 Å². The standard InChI is InChI=1S/C44H57NO3S/c1-4-7-10-12-17-38-32-42(49-44(38)34-47)29-23-37-22-28-41(33-43(37)48-31-14-11-13-30-46)45(39-24-18-35(19-25-39)15-8-5-2)40-26-20-36(21-27-40)16-9-6-3/h18-29,32-34,46H,4-17,30-31H2,1-3H3/b29-23+. The number of thiophene rings is 1. The van der Waals surface area contributed by atoms with Crippen molar-refractivity contribution >= 4 is 46.8 Å². The molecule has 0 saturated carbocycles. The van der Waals surface area contributed by atoms with Gasteiger partial charge in [-0.3, -0.25) is 4.79 Å². The molecule has 0 aliphatic carbocycles. The third kappa shape index (κ3) is 12.0. The largest absolute Gasteiger partial charge is 0.493 e. The van der Waals surface area contributed by atoms with Gasteiger partial charge in [-0.15, -0.1) is 11.3 Å². The normalized spacial score (nSPS) is 11.3. The fraction of sp³-hybridized carbons (Fsp3) is 0.432. The minimum Gasteiger partial charge on any atom is -0.493 e. The molecule has 0 atom stereocenters. The summed E-state index contributed by atoms with van der Waals surface area (Å²) in [6, 6.07) is 26.6. The van der Waals surface area contributed by atoms with Crippen LogP contribution in [0.3, 0.4) is 0 Å². The highest BCUT2D eigenvalue weighted by Gasteiger charge is 2.16. The molecule has 4 rings (SSSR count). The van der Waals surface area contributed by atoms with Crippen molar-refractivity contribution in [2.24, 2.45) is 0 Å². The van der Waals surface area contributed by atoms with Gasteiger partial charge in [-0.1, -0.05) is 77.1 Å². The lowest BCUT2D eigenvalue weighted by Gasteiger charge is -2.27. The van der Waals surface area contributed by atoms with Gasteiger partial charge in [0.2, 0.25) is 0 Å². The Morgan fingerprint density at radius 3 is 1.86 bits per heavy atom. The predicted octanol–water partition coefficient (Wildman–Crippen LogP) is 12.6. The zero-order valence-corrected chi connectivity index (χ0v) is 30.9. The number of benzene rings is 3. The number of aldehydes is 1. The number of carbonyl (C=O) groups excluding carboxylic acids is 1. The molecule has 0 aliphatic rings. The van der Waals surface area contributed by atoms with Gasteiger partial charge in [0.05, 0.1) is 11.5 Å². The zero-order chi connectivity index (χ0) is 34.7. The van der Waals surface area contributed by atoms with Crippen LogP contribution in [0.4, 0.5) is 17.1 Å². The van der Waals surface area contributed by atoms with Gasteiger partial charge in [-0.2, -0.15) is 0 Å². The molecule has 1 N–H and O–H groups in total. The summed E-state index contributed by atoms with van der Waals surface area (Å²) in [5.74, 6) is 0.828. The minimum absolute atomic E-state index is 0.205. The van der Waals surface area contributed by atoms with Crippen LogP contribution in [0, 0.1) is 0 Å². The third-order valence-electron chi connectivity index (χ3n) is 9.04. The van der Waals surface area contributed by atoms with Gasteiger partial charge in [-0.05, 0) is 129 Å². The van der Waals surface area contributed by atoms with Gasteiger partial charge in [0.25, 0.3) is 0 Å². The van der Waals surface area contributed by atoms with Gasteiger partial charge >= 0.3 is 0 Å². The second-order valence-corrected chi connectivity index (χ2v) is 14.1. The number of hydrogen-bond donors (Lipinski definition) is 1. The number of unbranched alkanes of at least 4 members (excludes halogenated alkanes) is 7. The molecule has 5 heteroatoms. The smallest absolute Gasteiger partial charge is 0.160 e. The number of hydrogen-bond acceptors (Lipinski definition) is 5. The molecule has 0 amide bonds. The van der Waals surface area contributed by atoms with E-state index in [-0.39, 0.29) is 6.61 Å². The molecule has 1 aromatic heterocycles. The van der Waals surface area contributed by atoms with Crippen LogP contribution < -0.4 is 9.64 Å². The van der Waals surface area contributed by atoms with Crippen molar-refractivity contribution in [1.29, 1.82) is 0 Å². The fourth-order valence-electron chi connectivity index (χ4n) is 6.09. The van der Waals surface area contributed by atoms with Crippen LogP contribution in [0.1, 0.15) is 128 Å². The maximum atomic E-state index is 11.9. The van der Waals surface area contributed by atoms with Crippen molar-refractivity contribution in [3.8, 4) is 5.75 Å². The lowest BCUT2D eigenvalue weighted by Crippen LogP contribution is -2.11. The van der Waals surface area contributed by atoms with Crippen molar-refractivity contribution in [3.63, 3.8) is 0 Å². The minimum atomic E-state index is 0.205. The van der Waals surface area contributed by atoms with E-state index in [0.717, 1.165) is 94.9 Å². The predicted molar refractivity (Wildman–Crippen MR) is 211 cm³/mol. The number of anilines is 3. The first-order chi connectivity index (χ1) is 24.1. The van der Waals surface area contributed by atoms with Crippen LogP contribution in [-0.2, 0) is 19.3 Å². The zero-order valence-electron chi connectivity index (χ0n) is 30.1. The molecule has 0 bridgehead atoms. The molecule has 1 heterocycles. The summed E-state index contributed by atoms with van der Waals surface area (Å²) in [5, 5.41) is 9.27. The van der Waals surface area contributed by atoms with E-state index in [0.29, 0.717) is 6.61 Å². The van der Waals surface area contributed by atoms with E-state index in [1.54, 1.807) is 11.3 Å². The van der Waals surface area contributed by atoms with Gasteiger partial charge in [0.15, 0.2) is 6.29 Å². The van der Waals surface area contributed by atoms with Gasteiger partial charge < -0.3 is 14.7 Å². The molecular formula is C44H57NO3S. The summed E-state index contributed by atoms with van der Waals surface area (Å²) in [7, 11) is 0. The van der Waals surface area contributed by atoms with E-state index in [9.17, 15) is 9.90 Å². The second kappa shape index (κ2) is 21.4. The lowest BCUT2D eigenvalue weighted by molar-refractivity contribution is 0.112. The van der Waals surface area contributed by atoms with E-state index in [2.05, 4.69) is 111 Å². The van der Waals surface area contributed by atoms with Crippen LogP contribution >= 0.6 is 11.3 Å². The summed E-state index contributed by atoms with van der Waals surface area (Å²) >= 11 is 1.56. The average molecular weight is 680 g/mol. The van der Waals surface area contributed by atoms with E-state index in [1.165, 1.54) is 56.1 Å². The maximum Gasteiger partial charge on any atom is 0.160 e. The van der Waals surface area contributed by atoms with E-state index < -0.39 is 0 Å². The Bertz CT molecular complexity index is 1500. The molecule has 3 aromatic carbocycles. The summed E-state index contributed by atoms with van der Waals surface area (Å²) in [4.78, 5) is 16.1. The Labute approximate surface area is 299 Å². The number of ether oxygens (including phenoxy) is 1. The first-order valence-corrected chi connectivity index (χ1v) is 19.5. The first-order valence-electron chi connectivity index (χ1n) is 18.7. The van der Waals surface area contributed by atoms with Crippen LogP contribution in [0.25, 0.3) is 12.2 Å². The quantitative estimate of drug-likeness (QED) is 0.0626. The summed E-state index contributed by atoms with van der Waals surface area (Å²) in [6.45, 7) is 7.48. The van der Waals surface area contributed by atoms with Crippen LogP contribution in [0.2, 0.25) is 0 Å². The van der Waals surface area contributed by atoms with E-state index in [1.807, 2.05) is 0 Å². The van der Waals surface area contributed by atoms with E-state index in [4.69, 9.17) is 4.74 Å². The van der Waals surface area contributed by atoms with Gasteiger partial charge in [0, 0.05) is 40.2 Å². The Hall–Kier alpha value is -3.67. The van der Waals surface area contributed by atoms with Crippen molar-refractivity contribution in [3.05, 3.63) is 105 Å². The molecule has 0 saturated heterocycles. The molecule has 0 unspecified atom stereocenters. The van der Waals surface area contributed by atoms with Gasteiger partial charge in [0.1, 0.15) is 5.75 Å². The molecule has 4 nitrogen and oxygen atoms in total. The number of nitrogens with zero attached hydrogens (tertiary/aromatic N) is 1. The molecule has 0 aliphatic heterocycles.